The van der Waals surface area contributed by atoms with Crippen molar-refractivity contribution < 1.29 is 26.7 Å². The number of hydrogen-bond donors (Lipinski definition) is 1. The summed E-state index contributed by atoms with van der Waals surface area (Å²) in [6, 6.07) is 1.06. The molecule has 16 heavy (non-hydrogen) atoms. The van der Waals surface area contributed by atoms with Crippen LogP contribution >= 0.6 is 15.9 Å². The first kappa shape index (κ1) is 12.9. The van der Waals surface area contributed by atoms with E-state index in [-0.39, 0.29) is 4.47 Å². The number of anilines is 1. The number of carbonyl (C=O) groups excluding carboxylic acids is 1. The SMILES string of the molecule is O=C(Nc1cc(Br)c(F)cc1F)C(F)(F)F. The third-order valence-corrected chi connectivity index (χ3v) is 2.12. The number of nitrogens with one attached hydrogen (secondary N) is 1. The highest BCUT2D eigenvalue weighted by Crippen LogP contribution is 2.25. The van der Waals surface area contributed by atoms with Gasteiger partial charge in [-0.1, -0.05) is 0 Å². The number of rotatable bonds is 1. The number of benzene rings is 1. The predicted molar refractivity (Wildman–Crippen MR) is 48.7 cm³/mol. The van der Waals surface area contributed by atoms with Crippen LogP contribution in [-0.2, 0) is 4.79 Å². The highest BCUT2D eigenvalue weighted by atomic mass is 79.9. The molecule has 0 saturated carbocycles. The van der Waals surface area contributed by atoms with Gasteiger partial charge in [0.05, 0.1) is 10.2 Å². The molecule has 0 aliphatic heterocycles. The highest BCUT2D eigenvalue weighted by Gasteiger charge is 2.39. The lowest BCUT2D eigenvalue weighted by molar-refractivity contribution is -0.167. The van der Waals surface area contributed by atoms with E-state index in [0.717, 1.165) is 0 Å². The first-order valence-electron chi connectivity index (χ1n) is 3.74. The third-order valence-electron chi connectivity index (χ3n) is 1.52. The van der Waals surface area contributed by atoms with Crippen LogP contribution in [0, 0.1) is 11.6 Å². The minimum atomic E-state index is -5.13. The van der Waals surface area contributed by atoms with Gasteiger partial charge in [-0.25, -0.2) is 8.78 Å². The molecule has 0 bridgehead atoms. The van der Waals surface area contributed by atoms with Crippen LogP contribution in [-0.4, -0.2) is 12.1 Å². The number of halogens is 6. The van der Waals surface area contributed by atoms with Gasteiger partial charge in [-0.05, 0) is 22.0 Å². The minimum Gasteiger partial charge on any atom is -0.316 e. The van der Waals surface area contributed by atoms with Crippen molar-refractivity contribution in [3.8, 4) is 0 Å². The Morgan fingerprint density at radius 2 is 1.75 bits per heavy atom. The molecule has 0 atom stereocenters. The Labute approximate surface area is 94.6 Å². The van der Waals surface area contributed by atoms with Crippen molar-refractivity contribution in [2.24, 2.45) is 0 Å². The summed E-state index contributed by atoms with van der Waals surface area (Å²) in [6.45, 7) is 0. The normalized spacial score (nSPS) is 11.4. The summed E-state index contributed by atoms with van der Waals surface area (Å²) in [5.74, 6) is -4.61. The van der Waals surface area contributed by atoms with Crippen LogP contribution in [0.5, 0.6) is 0 Å². The van der Waals surface area contributed by atoms with Gasteiger partial charge in [-0.2, -0.15) is 13.2 Å². The minimum absolute atomic E-state index is 0.258. The number of alkyl halides is 3. The average Bonchev–Trinajstić information content (AvgIpc) is 2.12. The van der Waals surface area contributed by atoms with Gasteiger partial charge in [0.25, 0.3) is 0 Å². The molecule has 1 aromatic rings. The fourth-order valence-corrected chi connectivity index (χ4v) is 1.15. The molecule has 0 saturated heterocycles. The van der Waals surface area contributed by atoms with E-state index in [9.17, 15) is 26.7 Å². The molecule has 0 aliphatic carbocycles. The molecule has 0 fully saturated rings. The predicted octanol–water partition coefficient (Wildman–Crippen LogP) is 3.23. The van der Waals surface area contributed by atoms with Crippen LogP contribution in [0.3, 0.4) is 0 Å². The fraction of sp³-hybridized carbons (Fsp3) is 0.125. The van der Waals surface area contributed by atoms with Gasteiger partial charge in [0.15, 0.2) is 0 Å². The molecular weight excluding hydrogens is 301 g/mol. The van der Waals surface area contributed by atoms with Gasteiger partial charge in [-0.3, -0.25) is 4.79 Å². The van der Waals surface area contributed by atoms with Gasteiger partial charge in [-0.15, -0.1) is 0 Å². The lowest BCUT2D eigenvalue weighted by Crippen LogP contribution is -2.30. The number of carbonyl (C=O) groups is 1. The van der Waals surface area contributed by atoms with E-state index in [4.69, 9.17) is 0 Å². The maximum atomic E-state index is 12.9. The third kappa shape index (κ3) is 2.91. The zero-order chi connectivity index (χ0) is 12.5. The molecule has 0 aliphatic rings. The molecule has 1 amide bonds. The maximum absolute atomic E-state index is 12.9. The topological polar surface area (TPSA) is 29.1 Å². The zero-order valence-electron chi connectivity index (χ0n) is 7.33. The van der Waals surface area contributed by atoms with Crippen molar-refractivity contribution in [2.75, 3.05) is 5.32 Å². The Bertz CT molecular complexity index is 431. The lowest BCUT2D eigenvalue weighted by Gasteiger charge is -2.09. The smallest absolute Gasteiger partial charge is 0.316 e. The van der Waals surface area contributed by atoms with Crippen molar-refractivity contribution in [1.82, 2.24) is 0 Å². The second-order valence-corrected chi connectivity index (χ2v) is 3.55. The van der Waals surface area contributed by atoms with Gasteiger partial charge in [0, 0.05) is 6.07 Å². The molecule has 88 valence electrons. The van der Waals surface area contributed by atoms with Crippen LogP contribution in [0.1, 0.15) is 0 Å². The summed E-state index contributed by atoms with van der Waals surface area (Å²) in [7, 11) is 0. The second-order valence-electron chi connectivity index (χ2n) is 2.70. The van der Waals surface area contributed by atoms with Gasteiger partial charge in [0.2, 0.25) is 0 Å². The Balaban J connectivity index is 2.99. The Hall–Kier alpha value is -1.18. The van der Waals surface area contributed by atoms with E-state index in [1.807, 2.05) is 0 Å². The molecule has 0 spiro atoms. The Morgan fingerprint density at radius 3 is 2.25 bits per heavy atom. The Kier molecular flexibility index (Phi) is 3.51. The summed E-state index contributed by atoms with van der Waals surface area (Å²) in [5, 5.41) is 1.28. The second kappa shape index (κ2) is 4.36. The summed E-state index contributed by atoms with van der Waals surface area (Å²) >= 11 is 2.65. The van der Waals surface area contributed by atoms with Crippen molar-refractivity contribution in [2.45, 2.75) is 6.18 Å². The van der Waals surface area contributed by atoms with E-state index in [1.165, 1.54) is 5.32 Å². The van der Waals surface area contributed by atoms with Crippen molar-refractivity contribution in [3.05, 3.63) is 28.2 Å². The molecular formula is C8H3BrF5NO. The quantitative estimate of drug-likeness (QED) is 0.626. The first-order valence-corrected chi connectivity index (χ1v) is 4.54. The van der Waals surface area contributed by atoms with Crippen LogP contribution in [0.4, 0.5) is 27.6 Å². The van der Waals surface area contributed by atoms with Crippen LogP contribution < -0.4 is 5.32 Å². The van der Waals surface area contributed by atoms with E-state index < -0.39 is 29.4 Å². The van der Waals surface area contributed by atoms with Crippen molar-refractivity contribution in [1.29, 1.82) is 0 Å². The van der Waals surface area contributed by atoms with Crippen LogP contribution in [0.2, 0.25) is 0 Å². The molecule has 0 unspecified atom stereocenters. The molecule has 1 N–H and O–H groups in total. The summed E-state index contributed by atoms with van der Waals surface area (Å²) < 4.78 is 60.9. The molecule has 1 aromatic carbocycles. The fourth-order valence-electron chi connectivity index (χ4n) is 0.812. The maximum Gasteiger partial charge on any atom is 0.471 e. The zero-order valence-corrected chi connectivity index (χ0v) is 8.92. The van der Waals surface area contributed by atoms with Crippen molar-refractivity contribution >= 4 is 27.5 Å². The van der Waals surface area contributed by atoms with Gasteiger partial charge < -0.3 is 5.32 Å². The largest absolute Gasteiger partial charge is 0.471 e. The molecule has 0 aromatic heterocycles. The molecule has 1 rings (SSSR count). The highest BCUT2D eigenvalue weighted by molar-refractivity contribution is 9.10. The summed E-state index contributed by atoms with van der Waals surface area (Å²) in [4.78, 5) is 10.5. The summed E-state index contributed by atoms with van der Waals surface area (Å²) in [6.07, 6.45) is -5.13. The monoisotopic (exact) mass is 303 g/mol. The van der Waals surface area contributed by atoms with Gasteiger partial charge in [0.1, 0.15) is 11.6 Å². The van der Waals surface area contributed by atoms with Crippen LogP contribution in [0.25, 0.3) is 0 Å². The van der Waals surface area contributed by atoms with Crippen LogP contribution in [0.15, 0.2) is 16.6 Å². The van der Waals surface area contributed by atoms with E-state index in [1.54, 1.807) is 0 Å². The van der Waals surface area contributed by atoms with E-state index >= 15 is 0 Å². The average molecular weight is 304 g/mol. The molecule has 8 heteroatoms. The number of hydrogen-bond acceptors (Lipinski definition) is 1. The molecule has 0 heterocycles. The van der Waals surface area contributed by atoms with Gasteiger partial charge >= 0.3 is 12.1 Å². The van der Waals surface area contributed by atoms with E-state index in [2.05, 4.69) is 15.9 Å². The Morgan fingerprint density at radius 1 is 1.19 bits per heavy atom. The first-order chi connectivity index (χ1) is 7.21. The number of amides is 1. The lowest BCUT2D eigenvalue weighted by atomic mass is 10.3. The van der Waals surface area contributed by atoms with Crippen molar-refractivity contribution in [3.63, 3.8) is 0 Å². The standard InChI is InChI=1S/C8H3BrF5NO/c9-3-1-6(5(11)2-4(3)10)15-7(16)8(12,13)14/h1-2H,(H,15,16). The van der Waals surface area contributed by atoms with E-state index in [0.29, 0.717) is 12.1 Å². The molecule has 0 radical (unpaired) electrons. The summed E-state index contributed by atoms with van der Waals surface area (Å²) in [5.41, 5.74) is -0.754. The molecule has 2 nitrogen and oxygen atoms in total.